The second-order valence-corrected chi connectivity index (χ2v) is 7.27. The molecule has 0 N–H and O–H groups in total. The molecule has 100 valence electrons. The van der Waals surface area contributed by atoms with E-state index in [1.165, 1.54) is 5.56 Å². The van der Waals surface area contributed by atoms with Crippen LogP contribution in [-0.2, 0) is 5.75 Å². The van der Waals surface area contributed by atoms with Gasteiger partial charge in [-0.2, -0.15) is 0 Å². The first kappa shape index (κ1) is 13.8. The molecule has 2 nitrogen and oxygen atoms in total. The lowest BCUT2D eigenvalue weighted by atomic mass is 10.2. The maximum atomic E-state index is 4.25. The number of rotatable bonds is 4. The molecule has 0 spiro atoms. The van der Waals surface area contributed by atoms with Crippen LogP contribution in [0.25, 0.3) is 10.6 Å². The molecule has 0 bridgehead atoms. The number of hydrogen-bond donors (Lipinski definition) is 0. The molecule has 0 saturated carbocycles. The molecule has 20 heavy (non-hydrogen) atoms. The van der Waals surface area contributed by atoms with Gasteiger partial charge in [-0.3, -0.25) is 0 Å². The number of benzene rings is 2. The fourth-order valence-corrected chi connectivity index (χ4v) is 3.77. The fraction of sp³-hybridized carbons (Fsp3) is 0.0667. The number of thioether (sulfide) groups is 1. The maximum Gasteiger partial charge on any atom is 0.174 e. The molecule has 0 aliphatic rings. The van der Waals surface area contributed by atoms with Crippen LogP contribution in [0.3, 0.4) is 0 Å². The molecule has 0 saturated heterocycles. The van der Waals surface area contributed by atoms with Gasteiger partial charge in [-0.25, -0.2) is 0 Å². The number of hydrogen-bond acceptors (Lipinski definition) is 4. The van der Waals surface area contributed by atoms with Gasteiger partial charge in [0.25, 0.3) is 0 Å². The Bertz CT molecular complexity index is 681. The van der Waals surface area contributed by atoms with E-state index < -0.39 is 0 Å². The maximum absolute atomic E-state index is 4.25. The second kappa shape index (κ2) is 6.52. The van der Waals surface area contributed by atoms with E-state index in [9.17, 15) is 0 Å². The van der Waals surface area contributed by atoms with Crippen LogP contribution in [0.2, 0.25) is 0 Å². The smallest absolute Gasteiger partial charge is 0.137 e. The first-order chi connectivity index (χ1) is 9.81. The van der Waals surface area contributed by atoms with Crippen LogP contribution in [0.4, 0.5) is 0 Å². The minimum absolute atomic E-state index is 0.913. The Morgan fingerprint density at radius 3 is 2.45 bits per heavy atom. The molecule has 0 fully saturated rings. The highest BCUT2D eigenvalue weighted by molar-refractivity contribution is 9.10. The summed E-state index contributed by atoms with van der Waals surface area (Å²) in [5, 5.41) is 9.48. The van der Waals surface area contributed by atoms with E-state index in [1.54, 1.807) is 23.1 Å². The summed E-state index contributed by atoms with van der Waals surface area (Å²) < 4.78 is 2.11. The molecular formula is C15H11BrN2S2. The lowest BCUT2D eigenvalue weighted by molar-refractivity contribution is 1.01. The van der Waals surface area contributed by atoms with E-state index in [1.807, 2.05) is 18.2 Å². The molecule has 0 radical (unpaired) electrons. The van der Waals surface area contributed by atoms with Crippen molar-refractivity contribution in [3.63, 3.8) is 0 Å². The highest BCUT2D eigenvalue weighted by atomic mass is 79.9. The average molecular weight is 363 g/mol. The molecule has 5 heteroatoms. The third-order valence-corrected chi connectivity index (χ3v) is 5.41. The number of halogens is 1. The standard InChI is InChI=1S/C15H11BrN2S2/c16-13-8-6-11(7-9-13)10-19-15-18-17-14(20-15)12-4-2-1-3-5-12/h1-9H,10H2. The van der Waals surface area contributed by atoms with Gasteiger partial charge in [-0.15, -0.1) is 10.2 Å². The third kappa shape index (κ3) is 3.48. The van der Waals surface area contributed by atoms with Gasteiger partial charge in [0.1, 0.15) is 5.01 Å². The Morgan fingerprint density at radius 1 is 0.950 bits per heavy atom. The van der Waals surface area contributed by atoms with Crippen LogP contribution in [0.15, 0.2) is 63.4 Å². The topological polar surface area (TPSA) is 25.8 Å². The molecule has 0 atom stereocenters. The van der Waals surface area contributed by atoms with Gasteiger partial charge in [0, 0.05) is 15.8 Å². The van der Waals surface area contributed by atoms with Crippen LogP contribution >= 0.6 is 39.0 Å². The van der Waals surface area contributed by atoms with Crippen LogP contribution in [0, 0.1) is 0 Å². The van der Waals surface area contributed by atoms with Crippen LogP contribution < -0.4 is 0 Å². The second-order valence-electron chi connectivity index (χ2n) is 4.15. The van der Waals surface area contributed by atoms with Crippen molar-refractivity contribution in [2.45, 2.75) is 10.1 Å². The van der Waals surface area contributed by atoms with Crippen molar-refractivity contribution in [3.8, 4) is 10.6 Å². The molecule has 0 aliphatic heterocycles. The predicted octanol–water partition coefficient (Wildman–Crippen LogP) is 5.26. The fourth-order valence-electron chi connectivity index (χ4n) is 1.69. The van der Waals surface area contributed by atoms with Gasteiger partial charge in [-0.05, 0) is 17.7 Å². The minimum Gasteiger partial charge on any atom is -0.137 e. The van der Waals surface area contributed by atoms with Crippen molar-refractivity contribution in [1.82, 2.24) is 10.2 Å². The minimum atomic E-state index is 0.913. The molecular weight excluding hydrogens is 352 g/mol. The quantitative estimate of drug-likeness (QED) is 0.592. The zero-order valence-corrected chi connectivity index (χ0v) is 13.7. The molecule has 0 amide bonds. The van der Waals surface area contributed by atoms with E-state index in [0.29, 0.717) is 0 Å². The lowest BCUT2D eigenvalue weighted by Gasteiger charge is -1.98. The highest BCUT2D eigenvalue weighted by Gasteiger charge is 2.06. The Kier molecular flexibility index (Phi) is 4.50. The molecule has 3 rings (SSSR count). The van der Waals surface area contributed by atoms with Gasteiger partial charge in [0.15, 0.2) is 4.34 Å². The highest BCUT2D eigenvalue weighted by Crippen LogP contribution is 2.31. The van der Waals surface area contributed by atoms with Crippen molar-refractivity contribution in [1.29, 1.82) is 0 Å². The Morgan fingerprint density at radius 2 is 1.70 bits per heavy atom. The molecule has 2 aromatic carbocycles. The van der Waals surface area contributed by atoms with Crippen LogP contribution in [0.5, 0.6) is 0 Å². The monoisotopic (exact) mass is 362 g/mol. The molecule has 3 aromatic rings. The Labute approximate surface area is 134 Å². The number of nitrogens with zero attached hydrogens (tertiary/aromatic N) is 2. The summed E-state index contributed by atoms with van der Waals surface area (Å²) in [4.78, 5) is 0. The predicted molar refractivity (Wildman–Crippen MR) is 89.0 cm³/mol. The molecule has 1 heterocycles. The van der Waals surface area contributed by atoms with E-state index in [-0.39, 0.29) is 0 Å². The summed E-state index contributed by atoms with van der Waals surface area (Å²) in [6, 6.07) is 18.5. The first-order valence-electron chi connectivity index (χ1n) is 6.07. The summed E-state index contributed by atoms with van der Waals surface area (Å²) in [6.45, 7) is 0. The van der Waals surface area contributed by atoms with Crippen molar-refractivity contribution in [3.05, 3.63) is 64.6 Å². The van der Waals surface area contributed by atoms with Crippen molar-refractivity contribution in [2.24, 2.45) is 0 Å². The lowest BCUT2D eigenvalue weighted by Crippen LogP contribution is -1.79. The Hall–Kier alpha value is -1.17. The summed E-state index contributed by atoms with van der Waals surface area (Å²) in [7, 11) is 0. The van der Waals surface area contributed by atoms with E-state index in [4.69, 9.17) is 0 Å². The third-order valence-electron chi connectivity index (χ3n) is 2.70. The zero-order valence-electron chi connectivity index (χ0n) is 10.5. The van der Waals surface area contributed by atoms with Gasteiger partial charge >= 0.3 is 0 Å². The van der Waals surface area contributed by atoms with Crippen molar-refractivity contribution in [2.75, 3.05) is 0 Å². The van der Waals surface area contributed by atoms with Gasteiger partial charge in [-0.1, -0.05) is 81.5 Å². The van der Waals surface area contributed by atoms with Crippen molar-refractivity contribution < 1.29 is 0 Å². The largest absolute Gasteiger partial charge is 0.174 e. The van der Waals surface area contributed by atoms with Gasteiger partial charge in [0.2, 0.25) is 0 Å². The van der Waals surface area contributed by atoms with Crippen LogP contribution in [0.1, 0.15) is 5.56 Å². The molecule has 0 unspecified atom stereocenters. The average Bonchev–Trinajstić information content (AvgIpc) is 2.97. The zero-order chi connectivity index (χ0) is 13.8. The van der Waals surface area contributed by atoms with E-state index >= 15 is 0 Å². The van der Waals surface area contributed by atoms with Crippen LogP contribution in [-0.4, -0.2) is 10.2 Å². The van der Waals surface area contributed by atoms with E-state index in [0.717, 1.165) is 25.1 Å². The summed E-state index contributed by atoms with van der Waals surface area (Å²) in [5.74, 6) is 0.913. The summed E-state index contributed by atoms with van der Waals surface area (Å²) in [6.07, 6.45) is 0. The molecule has 0 aliphatic carbocycles. The normalized spacial score (nSPS) is 10.7. The van der Waals surface area contributed by atoms with E-state index in [2.05, 4.69) is 62.5 Å². The SMILES string of the molecule is Brc1ccc(CSc2nnc(-c3ccccc3)s2)cc1. The van der Waals surface area contributed by atoms with Gasteiger partial charge in [0.05, 0.1) is 0 Å². The first-order valence-corrected chi connectivity index (χ1v) is 8.67. The summed E-state index contributed by atoms with van der Waals surface area (Å²) in [5.41, 5.74) is 2.41. The van der Waals surface area contributed by atoms with Gasteiger partial charge < -0.3 is 0 Å². The molecule has 1 aromatic heterocycles. The number of aromatic nitrogens is 2. The summed E-state index contributed by atoms with van der Waals surface area (Å²) >= 11 is 6.81. The Balaban J connectivity index is 1.67. The van der Waals surface area contributed by atoms with Crippen molar-refractivity contribution >= 4 is 39.0 Å².